The molecule has 3 nitrogen and oxygen atoms in total. The third kappa shape index (κ3) is 3.56. The number of rotatable bonds is 5. The van der Waals surface area contributed by atoms with Gasteiger partial charge < -0.3 is 14.8 Å². The average Bonchev–Trinajstić information content (AvgIpc) is 2.19. The van der Waals surface area contributed by atoms with E-state index in [2.05, 4.69) is 19.2 Å². The van der Waals surface area contributed by atoms with E-state index in [4.69, 9.17) is 9.47 Å². The lowest BCUT2D eigenvalue weighted by atomic mass is 9.94. The van der Waals surface area contributed by atoms with E-state index in [-0.39, 0.29) is 0 Å². The van der Waals surface area contributed by atoms with E-state index in [0.717, 1.165) is 32.6 Å². The molecule has 0 aromatic carbocycles. The van der Waals surface area contributed by atoms with Crippen molar-refractivity contribution < 1.29 is 9.47 Å². The largest absolute Gasteiger partial charge is 0.384 e. The predicted molar refractivity (Wildman–Crippen MR) is 57.5 cm³/mol. The van der Waals surface area contributed by atoms with Crippen LogP contribution in [-0.2, 0) is 9.47 Å². The molecule has 0 aromatic rings. The molecular formula is C11H23NO2. The van der Waals surface area contributed by atoms with E-state index < -0.39 is 0 Å². The molecule has 0 aromatic heterocycles. The van der Waals surface area contributed by atoms with Gasteiger partial charge in [-0.1, -0.05) is 13.8 Å². The Bertz CT molecular complexity index is 146. The van der Waals surface area contributed by atoms with Gasteiger partial charge in [-0.2, -0.15) is 0 Å². The Morgan fingerprint density at radius 1 is 1.57 bits per heavy atom. The first-order valence-corrected chi connectivity index (χ1v) is 5.61. The fraction of sp³-hybridized carbons (Fsp3) is 1.00. The quantitative estimate of drug-likeness (QED) is 0.730. The van der Waals surface area contributed by atoms with Crippen LogP contribution in [0.1, 0.15) is 26.7 Å². The zero-order chi connectivity index (χ0) is 10.4. The van der Waals surface area contributed by atoms with Crippen molar-refractivity contribution in [2.24, 2.45) is 5.92 Å². The Kier molecular flexibility index (Phi) is 5.45. The third-order valence-corrected chi connectivity index (χ3v) is 2.87. The highest BCUT2D eigenvalue weighted by Gasteiger charge is 2.26. The van der Waals surface area contributed by atoms with Gasteiger partial charge in [-0.3, -0.25) is 0 Å². The zero-order valence-corrected chi connectivity index (χ0v) is 9.58. The Labute approximate surface area is 87.2 Å². The zero-order valence-electron chi connectivity index (χ0n) is 9.58. The van der Waals surface area contributed by atoms with E-state index >= 15 is 0 Å². The molecule has 0 spiro atoms. The van der Waals surface area contributed by atoms with Crippen LogP contribution >= 0.6 is 0 Å². The van der Waals surface area contributed by atoms with E-state index in [1.807, 2.05) is 0 Å². The molecule has 1 heterocycles. The standard InChI is InChI=1S/C11H23NO2/c1-4-12-10-5-6-14-11(7-10)9(2)8-13-3/h9-12H,4-8H2,1-3H3. The van der Waals surface area contributed by atoms with Crippen LogP contribution in [0.5, 0.6) is 0 Å². The predicted octanol–water partition coefficient (Wildman–Crippen LogP) is 1.43. The molecule has 0 radical (unpaired) electrons. The van der Waals surface area contributed by atoms with Crippen molar-refractivity contribution in [1.29, 1.82) is 0 Å². The summed E-state index contributed by atoms with van der Waals surface area (Å²) in [6.45, 7) is 7.08. The van der Waals surface area contributed by atoms with Crippen molar-refractivity contribution in [3.63, 3.8) is 0 Å². The van der Waals surface area contributed by atoms with E-state index in [1.165, 1.54) is 0 Å². The van der Waals surface area contributed by atoms with Gasteiger partial charge in [-0.25, -0.2) is 0 Å². The summed E-state index contributed by atoms with van der Waals surface area (Å²) >= 11 is 0. The monoisotopic (exact) mass is 201 g/mol. The van der Waals surface area contributed by atoms with Crippen LogP contribution in [0.2, 0.25) is 0 Å². The Balaban J connectivity index is 2.31. The summed E-state index contributed by atoms with van der Waals surface area (Å²) in [5.74, 6) is 0.501. The van der Waals surface area contributed by atoms with Gasteiger partial charge in [-0.05, 0) is 19.4 Å². The van der Waals surface area contributed by atoms with E-state index in [0.29, 0.717) is 18.1 Å². The van der Waals surface area contributed by atoms with Gasteiger partial charge in [-0.15, -0.1) is 0 Å². The second-order valence-electron chi connectivity index (χ2n) is 4.12. The second kappa shape index (κ2) is 6.38. The van der Waals surface area contributed by atoms with Crippen molar-refractivity contribution in [2.75, 3.05) is 26.9 Å². The van der Waals surface area contributed by atoms with Crippen LogP contribution < -0.4 is 5.32 Å². The van der Waals surface area contributed by atoms with Crippen LogP contribution in [0, 0.1) is 5.92 Å². The van der Waals surface area contributed by atoms with Crippen molar-refractivity contribution >= 4 is 0 Å². The number of hydrogen-bond acceptors (Lipinski definition) is 3. The maximum atomic E-state index is 5.75. The molecule has 1 rings (SSSR count). The van der Waals surface area contributed by atoms with Crippen LogP contribution in [-0.4, -0.2) is 39.0 Å². The Morgan fingerprint density at radius 3 is 3.00 bits per heavy atom. The van der Waals surface area contributed by atoms with Gasteiger partial charge in [0.15, 0.2) is 0 Å². The molecule has 3 heteroatoms. The molecule has 1 fully saturated rings. The molecule has 0 amide bonds. The lowest BCUT2D eigenvalue weighted by Gasteiger charge is -2.33. The summed E-state index contributed by atoms with van der Waals surface area (Å²) < 4.78 is 10.9. The first kappa shape index (κ1) is 12.0. The van der Waals surface area contributed by atoms with Crippen molar-refractivity contribution in [3.05, 3.63) is 0 Å². The van der Waals surface area contributed by atoms with Gasteiger partial charge in [0.1, 0.15) is 0 Å². The van der Waals surface area contributed by atoms with Crippen LogP contribution in [0.4, 0.5) is 0 Å². The highest BCUT2D eigenvalue weighted by molar-refractivity contribution is 4.79. The number of ether oxygens (including phenoxy) is 2. The molecule has 3 atom stereocenters. The molecule has 14 heavy (non-hydrogen) atoms. The fourth-order valence-electron chi connectivity index (χ4n) is 2.07. The molecule has 1 saturated heterocycles. The van der Waals surface area contributed by atoms with Gasteiger partial charge >= 0.3 is 0 Å². The van der Waals surface area contributed by atoms with Gasteiger partial charge in [0.25, 0.3) is 0 Å². The SMILES string of the molecule is CCNC1CCOC(C(C)COC)C1. The minimum Gasteiger partial charge on any atom is -0.384 e. The summed E-state index contributed by atoms with van der Waals surface area (Å²) in [5.41, 5.74) is 0. The maximum absolute atomic E-state index is 5.75. The summed E-state index contributed by atoms with van der Waals surface area (Å²) in [7, 11) is 1.75. The minimum absolute atomic E-state index is 0.368. The first-order chi connectivity index (χ1) is 6.77. The number of nitrogens with one attached hydrogen (secondary N) is 1. The smallest absolute Gasteiger partial charge is 0.0637 e. The molecule has 0 aliphatic carbocycles. The van der Waals surface area contributed by atoms with Crippen molar-refractivity contribution in [1.82, 2.24) is 5.32 Å². The molecule has 1 N–H and O–H groups in total. The Morgan fingerprint density at radius 2 is 2.36 bits per heavy atom. The maximum Gasteiger partial charge on any atom is 0.0637 e. The number of methoxy groups -OCH3 is 1. The lowest BCUT2D eigenvalue weighted by molar-refractivity contribution is -0.0455. The third-order valence-electron chi connectivity index (χ3n) is 2.87. The topological polar surface area (TPSA) is 30.5 Å². The first-order valence-electron chi connectivity index (χ1n) is 5.61. The minimum atomic E-state index is 0.368. The summed E-state index contributed by atoms with van der Waals surface area (Å²) in [6.07, 6.45) is 2.63. The van der Waals surface area contributed by atoms with Gasteiger partial charge in [0, 0.05) is 25.7 Å². The van der Waals surface area contributed by atoms with Gasteiger partial charge in [0.05, 0.1) is 12.7 Å². The molecule has 1 aliphatic rings. The summed E-state index contributed by atoms with van der Waals surface area (Å²) in [5, 5.41) is 3.49. The summed E-state index contributed by atoms with van der Waals surface area (Å²) in [4.78, 5) is 0. The van der Waals surface area contributed by atoms with Crippen LogP contribution in [0.3, 0.4) is 0 Å². The lowest BCUT2D eigenvalue weighted by Crippen LogP contribution is -2.42. The van der Waals surface area contributed by atoms with E-state index in [1.54, 1.807) is 7.11 Å². The average molecular weight is 201 g/mol. The van der Waals surface area contributed by atoms with Gasteiger partial charge in [0.2, 0.25) is 0 Å². The summed E-state index contributed by atoms with van der Waals surface area (Å²) in [6, 6.07) is 0.637. The number of hydrogen-bond donors (Lipinski definition) is 1. The molecular weight excluding hydrogens is 178 g/mol. The molecule has 3 unspecified atom stereocenters. The fourth-order valence-corrected chi connectivity index (χ4v) is 2.07. The van der Waals surface area contributed by atoms with Crippen molar-refractivity contribution in [2.45, 2.75) is 38.8 Å². The molecule has 0 saturated carbocycles. The van der Waals surface area contributed by atoms with Crippen molar-refractivity contribution in [3.8, 4) is 0 Å². The second-order valence-corrected chi connectivity index (χ2v) is 4.12. The molecule has 0 bridgehead atoms. The highest BCUT2D eigenvalue weighted by Crippen LogP contribution is 2.20. The highest BCUT2D eigenvalue weighted by atomic mass is 16.5. The molecule has 1 aliphatic heterocycles. The van der Waals surface area contributed by atoms with Crippen LogP contribution in [0.25, 0.3) is 0 Å². The Hall–Kier alpha value is -0.120. The van der Waals surface area contributed by atoms with E-state index in [9.17, 15) is 0 Å². The normalized spacial score (nSPS) is 30.2. The van der Waals surface area contributed by atoms with Crippen LogP contribution in [0.15, 0.2) is 0 Å². The molecule has 84 valence electrons.